The van der Waals surface area contributed by atoms with E-state index in [1.54, 1.807) is 31.2 Å². The maximum atomic E-state index is 11.6. The van der Waals surface area contributed by atoms with Gasteiger partial charge in [0.15, 0.2) is 5.75 Å². The minimum atomic E-state index is -4.62. The third kappa shape index (κ3) is 4.88. The number of aromatic hydroxyl groups is 1. The number of fused-ring (bicyclic) bond motifs is 1. The quantitative estimate of drug-likeness (QED) is 0.305. The number of halogens is 1. The van der Waals surface area contributed by atoms with Gasteiger partial charge in [-0.2, -0.15) is 8.42 Å². The van der Waals surface area contributed by atoms with Gasteiger partial charge in [0, 0.05) is 10.4 Å². The third-order valence-corrected chi connectivity index (χ3v) is 5.29. The standard InChI is InChI=1S/C18H13ClN2O6S.Ca.2H/c1-9-6-15(28(25,26)27)14(8-13(9)19)20-21-16-11-5-3-2-4-10(11)7-12(17(16)22)18(23)24;;;/h2-8,22H,1H3,(H,23,24)(H,25,26,27);;;/b21-20+;;;. The number of hydrogen-bond acceptors (Lipinski definition) is 6. The number of aryl methyl sites for hydroxylation is 1. The molecular formula is C18H15CaClN2O6S. The first kappa shape index (κ1) is 23.5. The van der Waals surface area contributed by atoms with E-state index in [0.29, 0.717) is 16.3 Å². The molecule has 3 aromatic rings. The van der Waals surface area contributed by atoms with E-state index in [1.807, 2.05) is 0 Å². The average Bonchev–Trinajstić information content (AvgIpc) is 2.61. The molecule has 0 bridgehead atoms. The Bertz CT molecular complexity index is 1260. The van der Waals surface area contributed by atoms with Gasteiger partial charge in [0.1, 0.15) is 21.8 Å². The zero-order valence-corrected chi connectivity index (χ0v) is 15.9. The third-order valence-electron chi connectivity index (χ3n) is 4.00. The first-order valence-electron chi connectivity index (χ1n) is 7.77. The molecule has 0 unspecified atom stereocenters. The summed E-state index contributed by atoms with van der Waals surface area (Å²) in [5.41, 5.74) is -0.408. The molecule has 0 spiro atoms. The van der Waals surface area contributed by atoms with Crippen LogP contribution >= 0.6 is 11.6 Å². The van der Waals surface area contributed by atoms with E-state index < -0.39 is 26.7 Å². The van der Waals surface area contributed by atoms with Crippen molar-refractivity contribution < 1.29 is 28.0 Å². The zero-order chi connectivity index (χ0) is 20.6. The first-order valence-corrected chi connectivity index (χ1v) is 9.58. The van der Waals surface area contributed by atoms with Gasteiger partial charge in [-0.3, -0.25) is 4.55 Å². The number of carbonyl (C=O) groups is 1. The van der Waals surface area contributed by atoms with Crippen LogP contribution in [0.25, 0.3) is 10.8 Å². The van der Waals surface area contributed by atoms with Crippen molar-refractivity contribution in [2.24, 2.45) is 10.2 Å². The van der Waals surface area contributed by atoms with E-state index in [0.717, 1.165) is 6.07 Å². The van der Waals surface area contributed by atoms with Gasteiger partial charge in [-0.25, -0.2) is 4.79 Å². The molecule has 29 heavy (non-hydrogen) atoms. The number of azo groups is 1. The second-order valence-corrected chi connectivity index (χ2v) is 7.69. The summed E-state index contributed by atoms with van der Waals surface area (Å²) in [7, 11) is -4.62. The molecule has 11 heteroatoms. The molecule has 0 aliphatic rings. The molecule has 0 aliphatic heterocycles. The van der Waals surface area contributed by atoms with Crippen molar-refractivity contribution >= 4 is 87.6 Å². The predicted octanol–water partition coefficient (Wildman–Crippen LogP) is 3.95. The topological polar surface area (TPSA) is 137 Å². The summed E-state index contributed by atoms with van der Waals surface area (Å²) in [6, 6.07) is 10.2. The second kappa shape index (κ2) is 8.95. The Balaban J connectivity index is 0.00000300. The van der Waals surface area contributed by atoms with Crippen molar-refractivity contribution in [1.29, 1.82) is 0 Å². The summed E-state index contributed by atoms with van der Waals surface area (Å²) in [5, 5.41) is 28.4. The number of phenols is 1. The van der Waals surface area contributed by atoms with Crippen molar-refractivity contribution in [3.63, 3.8) is 0 Å². The molecule has 0 saturated carbocycles. The number of rotatable bonds is 4. The Labute approximate surface area is 200 Å². The number of hydrogen-bond donors (Lipinski definition) is 3. The summed E-state index contributed by atoms with van der Waals surface area (Å²) in [5.74, 6) is -1.99. The van der Waals surface area contributed by atoms with Crippen molar-refractivity contribution in [2.75, 3.05) is 0 Å². The molecule has 0 radical (unpaired) electrons. The fraction of sp³-hybridized carbons (Fsp3) is 0.0556. The molecule has 3 N–H and O–H groups in total. The van der Waals surface area contributed by atoms with Crippen LogP contribution in [-0.2, 0) is 10.1 Å². The van der Waals surface area contributed by atoms with E-state index in [2.05, 4.69) is 10.2 Å². The summed E-state index contributed by atoms with van der Waals surface area (Å²) < 4.78 is 32.7. The molecule has 0 fully saturated rings. The monoisotopic (exact) mass is 462 g/mol. The molecule has 0 saturated heterocycles. The van der Waals surface area contributed by atoms with E-state index in [1.165, 1.54) is 12.1 Å². The Morgan fingerprint density at radius 1 is 1.10 bits per heavy atom. The van der Waals surface area contributed by atoms with E-state index in [9.17, 15) is 28.0 Å². The van der Waals surface area contributed by atoms with Crippen LogP contribution < -0.4 is 0 Å². The normalized spacial score (nSPS) is 11.6. The number of carboxylic acid groups (broad SMARTS) is 1. The van der Waals surface area contributed by atoms with Gasteiger partial charge in [0.05, 0.1) is 0 Å². The van der Waals surface area contributed by atoms with Crippen molar-refractivity contribution in [2.45, 2.75) is 11.8 Å². The Morgan fingerprint density at radius 3 is 2.38 bits per heavy atom. The van der Waals surface area contributed by atoms with Crippen molar-refractivity contribution in [3.8, 4) is 5.75 Å². The van der Waals surface area contributed by atoms with Gasteiger partial charge in [0.2, 0.25) is 0 Å². The molecule has 8 nitrogen and oxygen atoms in total. The number of nitrogens with zero attached hydrogens (tertiary/aromatic N) is 2. The second-order valence-electron chi connectivity index (χ2n) is 5.89. The number of carboxylic acids is 1. The van der Waals surface area contributed by atoms with Crippen LogP contribution in [0.2, 0.25) is 5.02 Å². The Morgan fingerprint density at radius 2 is 1.76 bits per heavy atom. The molecule has 0 atom stereocenters. The van der Waals surface area contributed by atoms with Crippen molar-refractivity contribution in [3.05, 3.63) is 58.6 Å². The van der Waals surface area contributed by atoms with Crippen LogP contribution in [0.3, 0.4) is 0 Å². The Hall–Kier alpha value is -1.75. The average molecular weight is 463 g/mol. The van der Waals surface area contributed by atoms with E-state index in [-0.39, 0.29) is 59.7 Å². The molecule has 0 amide bonds. The van der Waals surface area contributed by atoms with Crippen molar-refractivity contribution in [1.82, 2.24) is 0 Å². The first-order chi connectivity index (χ1) is 13.1. The fourth-order valence-electron chi connectivity index (χ4n) is 2.61. The van der Waals surface area contributed by atoms with Gasteiger partial charge >= 0.3 is 43.7 Å². The van der Waals surface area contributed by atoms with Gasteiger partial charge < -0.3 is 10.2 Å². The van der Waals surface area contributed by atoms with E-state index >= 15 is 0 Å². The summed E-state index contributed by atoms with van der Waals surface area (Å²) in [6.45, 7) is 1.55. The van der Waals surface area contributed by atoms with Crippen LogP contribution in [0.1, 0.15) is 15.9 Å². The van der Waals surface area contributed by atoms with Gasteiger partial charge in [-0.05, 0) is 36.1 Å². The fourth-order valence-corrected chi connectivity index (χ4v) is 3.46. The molecule has 3 aromatic carbocycles. The van der Waals surface area contributed by atoms with Gasteiger partial charge in [-0.1, -0.05) is 35.9 Å². The van der Waals surface area contributed by atoms with Gasteiger partial charge in [-0.15, -0.1) is 10.2 Å². The number of aromatic carboxylic acids is 1. The zero-order valence-electron chi connectivity index (χ0n) is 14.3. The summed E-state index contributed by atoms with van der Waals surface area (Å²) in [6.07, 6.45) is 0. The molecule has 0 heterocycles. The van der Waals surface area contributed by atoms with Crippen LogP contribution in [0.15, 0.2) is 57.6 Å². The minimum absolute atomic E-state index is 0. The van der Waals surface area contributed by atoms with Crippen LogP contribution in [-0.4, -0.2) is 66.9 Å². The van der Waals surface area contributed by atoms with Gasteiger partial charge in [0.25, 0.3) is 10.1 Å². The van der Waals surface area contributed by atoms with Crippen LogP contribution in [0.5, 0.6) is 5.75 Å². The summed E-state index contributed by atoms with van der Waals surface area (Å²) >= 11 is 6.01. The maximum absolute atomic E-state index is 11.6. The molecular weight excluding hydrogens is 448 g/mol. The molecule has 148 valence electrons. The van der Waals surface area contributed by atoms with Crippen LogP contribution in [0, 0.1) is 6.92 Å². The van der Waals surface area contributed by atoms with E-state index in [4.69, 9.17) is 11.6 Å². The number of benzene rings is 3. The molecule has 3 rings (SSSR count). The molecule has 0 aromatic heterocycles. The molecule has 0 aliphatic carbocycles. The summed E-state index contributed by atoms with van der Waals surface area (Å²) in [4.78, 5) is 10.9. The predicted molar refractivity (Wildman–Crippen MR) is 111 cm³/mol. The van der Waals surface area contributed by atoms with Crippen LogP contribution in [0.4, 0.5) is 11.4 Å². The SMILES string of the molecule is Cc1cc(S(=O)(=O)O)c(/N=N/c2c(O)c(C(=O)O)cc3ccccc23)cc1Cl.[CaH2]. The Kier molecular flexibility index (Phi) is 7.26.